The summed E-state index contributed by atoms with van der Waals surface area (Å²) in [5.41, 5.74) is 11.1. The minimum Gasteiger partial charge on any atom is -0.364 e. The summed E-state index contributed by atoms with van der Waals surface area (Å²) in [5.74, 6) is 0.0169. The summed E-state index contributed by atoms with van der Waals surface area (Å²) in [6, 6.07) is 0.337. The topological polar surface area (TPSA) is 99.1 Å². The van der Waals surface area contributed by atoms with Gasteiger partial charge in [-0.15, -0.1) is 11.3 Å². The highest BCUT2D eigenvalue weighted by atomic mass is 32.1. The Morgan fingerprint density at radius 3 is 2.58 bits per heavy atom. The molecule has 1 saturated carbocycles. The summed E-state index contributed by atoms with van der Waals surface area (Å²) in [4.78, 5) is 26.8. The van der Waals surface area contributed by atoms with Gasteiger partial charge >= 0.3 is 0 Å². The molecule has 19 heavy (non-hydrogen) atoms. The van der Waals surface area contributed by atoms with Crippen molar-refractivity contribution in [3.05, 3.63) is 16.1 Å². The molecular weight excluding hydrogens is 262 g/mol. The highest BCUT2D eigenvalue weighted by Crippen LogP contribution is 2.27. The van der Waals surface area contributed by atoms with Crippen molar-refractivity contribution in [3.63, 3.8) is 0 Å². The third-order valence-electron chi connectivity index (χ3n) is 3.67. The van der Waals surface area contributed by atoms with Crippen molar-refractivity contribution in [1.29, 1.82) is 0 Å². The Hall–Kier alpha value is -1.27. The van der Waals surface area contributed by atoms with E-state index in [0.29, 0.717) is 23.4 Å². The minimum atomic E-state index is -0.587. The molecule has 4 N–H and O–H groups in total. The Labute approximate surface area is 116 Å². The number of ketones is 1. The molecule has 1 aromatic heterocycles. The van der Waals surface area contributed by atoms with E-state index in [1.54, 1.807) is 0 Å². The van der Waals surface area contributed by atoms with Gasteiger partial charge < -0.3 is 11.5 Å². The fourth-order valence-electron chi connectivity index (χ4n) is 2.43. The lowest BCUT2D eigenvalue weighted by Crippen LogP contribution is -2.26. The van der Waals surface area contributed by atoms with Gasteiger partial charge in [0.25, 0.3) is 5.91 Å². The van der Waals surface area contributed by atoms with Gasteiger partial charge in [-0.05, 0) is 38.0 Å². The van der Waals surface area contributed by atoms with E-state index in [0.717, 1.165) is 32.1 Å². The first-order chi connectivity index (χ1) is 9.06. The van der Waals surface area contributed by atoms with E-state index in [-0.39, 0.29) is 11.5 Å². The third kappa shape index (κ3) is 3.84. The number of rotatable bonds is 5. The third-order valence-corrected chi connectivity index (χ3v) is 4.55. The number of Topliss-reactive ketones (excluding diaryl/α,β-unsaturated/α-hetero) is 1. The molecule has 0 saturated heterocycles. The number of primary amides is 1. The molecule has 104 valence electrons. The zero-order chi connectivity index (χ0) is 13.8. The van der Waals surface area contributed by atoms with Crippen molar-refractivity contribution in [2.45, 2.75) is 44.6 Å². The van der Waals surface area contributed by atoms with Crippen molar-refractivity contribution >= 4 is 23.0 Å². The predicted molar refractivity (Wildman–Crippen MR) is 74.1 cm³/mol. The lowest BCUT2D eigenvalue weighted by Gasteiger charge is -2.25. The van der Waals surface area contributed by atoms with Crippen LogP contribution in [0.15, 0.2) is 5.38 Å². The second kappa shape index (κ2) is 6.25. The van der Waals surface area contributed by atoms with Crippen molar-refractivity contribution in [2.24, 2.45) is 17.4 Å². The van der Waals surface area contributed by atoms with Crippen LogP contribution >= 0.6 is 11.3 Å². The molecule has 2 rings (SSSR count). The van der Waals surface area contributed by atoms with Crippen LogP contribution in [0, 0.1) is 5.92 Å². The lowest BCUT2D eigenvalue weighted by molar-refractivity contribution is 0.0969. The highest BCUT2D eigenvalue weighted by Gasteiger charge is 2.20. The molecule has 6 heteroatoms. The van der Waals surface area contributed by atoms with Crippen molar-refractivity contribution in [3.8, 4) is 0 Å². The lowest BCUT2D eigenvalue weighted by atomic mass is 9.83. The maximum absolute atomic E-state index is 12.0. The molecule has 1 aliphatic rings. The summed E-state index contributed by atoms with van der Waals surface area (Å²) >= 11 is 1.19. The van der Waals surface area contributed by atoms with Gasteiger partial charge in [0, 0.05) is 17.8 Å². The SMILES string of the molecule is NC(=O)c1csc(C(=O)CCC2CCC(N)CC2)n1. The number of hydrogen-bond donors (Lipinski definition) is 2. The van der Waals surface area contributed by atoms with E-state index in [1.165, 1.54) is 16.7 Å². The number of nitrogens with zero attached hydrogens (tertiary/aromatic N) is 1. The quantitative estimate of drug-likeness (QED) is 0.803. The fourth-order valence-corrected chi connectivity index (χ4v) is 3.21. The summed E-state index contributed by atoms with van der Waals surface area (Å²) in [7, 11) is 0. The van der Waals surface area contributed by atoms with E-state index >= 15 is 0 Å². The first-order valence-electron chi connectivity index (χ1n) is 6.60. The van der Waals surface area contributed by atoms with Gasteiger partial charge in [0.2, 0.25) is 0 Å². The number of hydrogen-bond acceptors (Lipinski definition) is 5. The molecule has 0 atom stereocenters. The van der Waals surface area contributed by atoms with Gasteiger partial charge in [0.05, 0.1) is 0 Å². The van der Waals surface area contributed by atoms with Crippen LogP contribution in [0.4, 0.5) is 0 Å². The second-order valence-electron chi connectivity index (χ2n) is 5.14. The van der Waals surface area contributed by atoms with Crippen molar-refractivity contribution in [2.75, 3.05) is 0 Å². The van der Waals surface area contributed by atoms with E-state index < -0.39 is 5.91 Å². The number of nitrogens with two attached hydrogens (primary N) is 2. The standard InChI is InChI=1S/C13H19N3O2S/c14-9-4-1-8(2-5-9)3-6-11(17)13-16-10(7-19-13)12(15)18/h7-9H,1-6,14H2,(H2,15,18). The normalized spacial score (nSPS) is 23.2. The molecule has 0 unspecified atom stereocenters. The zero-order valence-corrected chi connectivity index (χ0v) is 11.6. The first-order valence-corrected chi connectivity index (χ1v) is 7.48. The number of carbonyl (C=O) groups excluding carboxylic acids is 2. The number of carbonyl (C=O) groups is 2. The average Bonchev–Trinajstić information content (AvgIpc) is 2.87. The monoisotopic (exact) mass is 281 g/mol. The molecule has 5 nitrogen and oxygen atoms in total. The molecular formula is C13H19N3O2S. The van der Waals surface area contributed by atoms with Gasteiger partial charge in [-0.2, -0.15) is 0 Å². The number of aromatic nitrogens is 1. The van der Waals surface area contributed by atoms with Crippen LogP contribution in [-0.4, -0.2) is 22.7 Å². The molecule has 1 amide bonds. The molecule has 0 bridgehead atoms. The Balaban J connectivity index is 1.82. The van der Waals surface area contributed by atoms with Crippen LogP contribution in [0.1, 0.15) is 58.8 Å². The summed E-state index contributed by atoms with van der Waals surface area (Å²) in [5, 5.41) is 1.93. The molecule has 0 aromatic carbocycles. The Kier molecular flexibility index (Phi) is 4.66. The predicted octanol–water partition coefficient (Wildman–Crippen LogP) is 1.72. The van der Waals surface area contributed by atoms with E-state index in [9.17, 15) is 9.59 Å². The molecule has 1 aromatic rings. The molecule has 0 spiro atoms. The number of thiazole rings is 1. The van der Waals surface area contributed by atoms with Crippen LogP contribution in [0.3, 0.4) is 0 Å². The smallest absolute Gasteiger partial charge is 0.268 e. The first kappa shape index (κ1) is 14.1. The van der Waals surface area contributed by atoms with Crippen LogP contribution in [0.25, 0.3) is 0 Å². The maximum atomic E-state index is 12.0. The van der Waals surface area contributed by atoms with E-state index in [2.05, 4.69) is 4.98 Å². The van der Waals surface area contributed by atoms with Gasteiger partial charge in [0.1, 0.15) is 5.69 Å². The van der Waals surface area contributed by atoms with Crippen LogP contribution in [-0.2, 0) is 0 Å². The van der Waals surface area contributed by atoms with Gasteiger partial charge in [-0.1, -0.05) is 0 Å². The largest absolute Gasteiger partial charge is 0.364 e. The average molecular weight is 281 g/mol. The molecule has 0 radical (unpaired) electrons. The second-order valence-corrected chi connectivity index (χ2v) is 6.00. The van der Waals surface area contributed by atoms with Gasteiger partial charge in [-0.3, -0.25) is 9.59 Å². The van der Waals surface area contributed by atoms with Crippen LogP contribution < -0.4 is 11.5 Å². The zero-order valence-electron chi connectivity index (χ0n) is 10.8. The Morgan fingerprint density at radius 2 is 2.00 bits per heavy atom. The molecule has 1 aliphatic carbocycles. The Morgan fingerprint density at radius 1 is 1.32 bits per heavy atom. The maximum Gasteiger partial charge on any atom is 0.268 e. The van der Waals surface area contributed by atoms with Crippen LogP contribution in [0.5, 0.6) is 0 Å². The summed E-state index contributed by atoms with van der Waals surface area (Å²) in [6.07, 6.45) is 5.71. The number of amides is 1. The van der Waals surface area contributed by atoms with Gasteiger partial charge in [-0.25, -0.2) is 4.98 Å². The van der Waals surface area contributed by atoms with Gasteiger partial charge in [0.15, 0.2) is 10.8 Å². The van der Waals surface area contributed by atoms with Crippen molar-refractivity contribution < 1.29 is 9.59 Å². The Bertz CT molecular complexity index is 464. The van der Waals surface area contributed by atoms with E-state index in [4.69, 9.17) is 11.5 Å². The molecule has 1 heterocycles. The summed E-state index contributed by atoms with van der Waals surface area (Å²) < 4.78 is 0. The molecule has 1 fully saturated rings. The summed E-state index contributed by atoms with van der Waals surface area (Å²) in [6.45, 7) is 0. The fraction of sp³-hybridized carbons (Fsp3) is 0.615. The minimum absolute atomic E-state index is 0.00683. The van der Waals surface area contributed by atoms with Crippen molar-refractivity contribution in [1.82, 2.24) is 4.98 Å². The highest BCUT2D eigenvalue weighted by molar-refractivity contribution is 7.11. The molecule has 0 aliphatic heterocycles. The van der Waals surface area contributed by atoms with Crippen LogP contribution in [0.2, 0.25) is 0 Å². The van der Waals surface area contributed by atoms with E-state index in [1.807, 2.05) is 0 Å².